The van der Waals surface area contributed by atoms with Gasteiger partial charge in [0, 0.05) is 12.7 Å². The van der Waals surface area contributed by atoms with Gasteiger partial charge in [-0.3, -0.25) is 4.98 Å². The lowest BCUT2D eigenvalue weighted by Crippen LogP contribution is -2.16. The van der Waals surface area contributed by atoms with E-state index < -0.39 is 5.97 Å². The van der Waals surface area contributed by atoms with Crippen LogP contribution >= 0.6 is 11.6 Å². The molecule has 1 N–H and O–H groups in total. The molecule has 0 aliphatic carbocycles. The monoisotopic (exact) mass is 254 g/mol. The van der Waals surface area contributed by atoms with Crippen molar-refractivity contribution in [2.45, 2.75) is 12.8 Å². The van der Waals surface area contributed by atoms with Gasteiger partial charge in [-0.1, -0.05) is 11.6 Å². The fourth-order valence-electron chi connectivity index (χ4n) is 2.28. The molecular weight excluding hydrogens is 240 g/mol. The van der Waals surface area contributed by atoms with Gasteiger partial charge in [0.2, 0.25) is 0 Å². The van der Waals surface area contributed by atoms with Crippen LogP contribution in [0.25, 0.3) is 0 Å². The van der Waals surface area contributed by atoms with Gasteiger partial charge in [0.15, 0.2) is 0 Å². The summed E-state index contributed by atoms with van der Waals surface area (Å²) in [6.07, 6.45) is 3.32. The first kappa shape index (κ1) is 12.3. The maximum absolute atomic E-state index is 11.1. The largest absolute Gasteiger partial charge is 0.478 e. The van der Waals surface area contributed by atoms with Gasteiger partial charge in [0.05, 0.1) is 16.3 Å². The molecule has 1 aliphatic rings. The van der Waals surface area contributed by atoms with Crippen molar-refractivity contribution in [1.29, 1.82) is 0 Å². The van der Waals surface area contributed by atoms with E-state index in [-0.39, 0.29) is 5.56 Å². The Hall–Kier alpha value is -1.13. The number of aromatic carboxylic acids is 1. The van der Waals surface area contributed by atoms with Crippen LogP contribution in [0.5, 0.6) is 0 Å². The van der Waals surface area contributed by atoms with Gasteiger partial charge in [0.25, 0.3) is 0 Å². The molecule has 2 heterocycles. The quantitative estimate of drug-likeness (QED) is 0.896. The molecule has 1 aromatic heterocycles. The maximum atomic E-state index is 11.1. The van der Waals surface area contributed by atoms with Crippen LogP contribution in [-0.2, 0) is 6.42 Å². The lowest BCUT2D eigenvalue weighted by molar-refractivity contribution is 0.0695. The zero-order valence-corrected chi connectivity index (χ0v) is 10.4. The molecule has 1 aromatic rings. The third-order valence-electron chi connectivity index (χ3n) is 3.14. The van der Waals surface area contributed by atoms with Gasteiger partial charge in [-0.25, -0.2) is 4.79 Å². The van der Waals surface area contributed by atoms with Crippen LogP contribution in [0, 0.1) is 5.92 Å². The van der Waals surface area contributed by atoms with Crippen LogP contribution in [0.15, 0.2) is 12.3 Å². The predicted octanol–water partition coefficient (Wildman–Crippen LogP) is 1.93. The average Bonchev–Trinajstić information content (AvgIpc) is 2.66. The second-order valence-corrected chi connectivity index (χ2v) is 5.01. The standard InChI is InChI=1S/C12H15ClN2O2/c1-15-3-2-8(7-15)4-11-10(12(16)17)5-9(13)6-14-11/h5-6,8H,2-4,7H2,1H3,(H,16,17). The molecule has 0 bridgehead atoms. The summed E-state index contributed by atoms with van der Waals surface area (Å²) < 4.78 is 0. The minimum absolute atomic E-state index is 0.229. The summed E-state index contributed by atoms with van der Waals surface area (Å²) in [5.41, 5.74) is 0.870. The van der Waals surface area contributed by atoms with E-state index in [1.165, 1.54) is 12.3 Å². The van der Waals surface area contributed by atoms with Gasteiger partial charge in [0.1, 0.15) is 0 Å². The Morgan fingerprint density at radius 3 is 3.06 bits per heavy atom. The molecule has 1 aliphatic heterocycles. The highest BCUT2D eigenvalue weighted by Crippen LogP contribution is 2.22. The highest BCUT2D eigenvalue weighted by Gasteiger charge is 2.22. The van der Waals surface area contributed by atoms with Crippen molar-refractivity contribution in [3.63, 3.8) is 0 Å². The molecule has 5 heteroatoms. The van der Waals surface area contributed by atoms with E-state index in [0.29, 0.717) is 23.1 Å². The topological polar surface area (TPSA) is 53.4 Å². The first-order valence-corrected chi connectivity index (χ1v) is 6.00. The Bertz CT molecular complexity index is 437. The predicted molar refractivity (Wildman–Crippen MR) is 65.5 cm³/mol. The third kappa shape index (κ3) is 2.96. The van der Waals surface area contributed by atoms with Gasteiger partial charge in [-0.05, 0) is 38.4 Å². The number of carboxylic acids is 1. The summed E-state index contributed by atoms with van der Waals surface area (Å²) in [5, 5.41) is 9.48. The van der Waals surface area contributed by atoms with E-state index in [2.05, 4.69) is 16.9 Å². The molecule has 1 unspecified atom stereocenters. The van der Waals surface area contributed by atoms with Crippen LogP contribution in [0.2, 0.25) is 5.02 Å². The minimum atomic E-state index is -0.957. The van der Waals surface area contributed by atoms with Crippen molar-refractivity contribution in [2.75, 3.05) is 20.1 Å². The number of hydrogen-bond acceptors (Lipinski definition) is 3. The Labute approximate surface area is 105 Å². The minimum Gasteiger partial charge on any atom is -0.478 e. The fourth-order valence-corrected chi connectivity index (χ4v) is 2.44. The highest BCUT2D eigenvalue weighted by molar-refractivity contribution is 6.30. The zero-order chi connectivity index (χ0) is 12.4. The molecule has 17 heavy (non-hydrogen) atoms. The number of nitrogens with zero attached hydrogens (tertiary/aromatic N) is 2. The number of hydrogen-bond donors (Lipinski definition) is 1. The molecular formula is C12H15ClN2O2. The average molecular weight is 255 g/mol. The van der Waals surface area contributed by atoms with E-state index in [4.69, 9.17) is 16.7 Å². The summed E-state index contributed by atoms with van der Waals surface area (Å²) in [6.45, 7) is 2.07. The van der Waals surface area contributed by atoms with E-state index >= 15 is 0 Å². The summed E-state index contributed by atoms with van der Waals surface area (Å²) in [5.74, 6) is -0.465. The number of pyridine rings is 1. The second kappa shape index (κ2) is 5.02. The van der Waals surface area contributed by atoms with E-state index in [1.54, 1.807) is 0 Å². The number of carbonyl (C=O) groups is 1. The first-order chi connectivity index (χ1) is 8.06. The molecule has 0 saturated carbocycles. The van der Waals surface area contributed by atoms with Crippen molar-refractivity contribution >= 4 is 17.6 Å². The molecule has 0 aromatic carbocycles. The third-order valence-corrected chi connectivity index (χ3v) is 3.34. The summed E-state index contributed by atoms with van der Waals surface area (Å²) in [4.78, 5) is 17.5. The molecule has 92 valence electrons. The molecule has 1 fully saturated rings. The molecule has 4 nitrogen and oxygen atoms in total. The Morgan fingerprint density at radius 1 is 1.71 bits per heavy atom. The zero-order valence-electron chi connectivity index (χ0n) is 9.69. The van der Waals surface area contributed by atoms with Crippen molar-refractivity contribution in [2.24, 2.45) is 5.92 Å². The molecule has 0 spiro atoms. The Kier molecular flexibility index (Phi) is 3.64. The van der Waals surface area contributed by atoms with Crippen molar-refractivity contribution in [3.8, 4) is 0 Å². The smallest absolute Gasteiger partial charge is 0.337 e. The summed E-state index contributed by atoms with van der Waals surface area (Å²) in [7, 11) is 2.08. The van der Waals surface area contributed by atoms with Gasteiger partial charge in [-0.2, -0.15) is 0 Å². The molecule has 1 atom stereocenters. The van der Waals surface area contributed by atoms with Crippen LogP contribution in [0.1, 0.15) is 22.5 Å². The van der Waals surface area contributed by atoms with Gasteiger partial charge >= 0.3 is 5.97 Å². The van der Waals surface area contributed by atoms with Crippen LogP contribution in [0.4, 0.5) is 0 Å². The second-order valence-electron chi connectivity index (χ2n) is 4.57. The Balaban J connectivity index is 2.17. The highest BCUT2D eigenvalue weighted by atomic mass is 35.5. The Morgan fingerprint density at radius 2 is 2.47 bits per heavy atom. The van der Waals surface area contributed by atoms with E-state index in [1.807, 2.05) is 0 Å². The number of aromatic nitrogens is 1. The summed E-state index contributed by atoms with van der Waals surface area (Å²) >= 11 is 5.77. The van der Waals surface area contributed by atoms with Gasteiger partial charge in [-0.15, -0.1) is 0 Å². The van der Waals surface area contributed by atoms with Crippen molar-refractivity contribution in [1.82, 2.24) is 9.88 Å². The van der Waals surface area contributed by atoms with Crippen molar-refractivity contribution < 1.29 is 9.90 Å². The normalized spacial score (nSPS) is 20.7. The number of carboxylic acid groups (broad SMARTS) is 1. The lowest BCUT2D eigenvalue weighted by Gasteiger charge is -2.11. The molecule has 0 radical (unpaired) electrons. The van der Waals surface area contributed by atoms with E-state index in [9.17, 15) is 4.79 Å². The van der Waals surface area contributed by atoms with Crippen LogP contribution in [-0.4, -0.2) is 41.1 Å². The fraction of sp³-hybridized carbons (Fsp3) is 0.500. The van der Waals surface area contributed by atoms with Crippen LogP contribution < -0.4 is 0 Å². The summed E-state index contributed by atoms with van der Waals surface area (Å²) in [6, 6.07) is 1.48. The number of halogens is 1. The van der Waals surface area contributed by atoms with Crippen LogP contribution in [0.3, 0.4) is 0 Å². The SMILES string of the molecule is CN1CCC(Cc2ncc(Cl)cc2C(=O)O)C1. The number of likely N-dealkylation sites (tertiary alicyclic amines) is 1. The molecule has 1 saturated heterocycles. The lowest BCUT2D eigenvalue weighted by atomic mass is 9.99. The van der Waals surface area contributed by atoms with Gasteiger partial charge < -0.3 is 10.0 Å². The van der Waals surface area contributed by atoms with E-state index in [0.717, 1.165) is 19.5 Å². The van der Waals surface area contributed by atoms with Crippen molar-refractivity contribution in [3.05, 3.63) is 28.5 Å². The number of rotatable bonds is 3. The molecule has 2 rings (SSSR count). The first-order valence-electron chi connectivity index (χ1n) is 5.62. The molecule has 0 amide bonds. The maximum Gasteiger partial charge on any atom is 0.337 e.